The smallest absolute Gasteiger partial charge is 0.128 e. The highest BCUT2D eigenvalue weighted by molar-refractivity contribution is 7.16. The molecule has 0 bridgehead atoms. The molecule has 1 atom stereocenters. The van der Waals surface area contributed by atoms with Gasteiger partial charge in [-0.3, -0.25) is 0 Å². The SMILES string of the molecule is CCNC(c1ccc(Cl)s1)c1cc(Cl)ccc1F. The molecule has 1 nitrogen and oxygen atoms in total. The molecular weight excluding hydrogens is 292 g/mol. The van der Waals surface area contributed by atoms with Gasteiger partial charge in [0.2, 0.25) is 0 Å². The Bertz CT molecular complexity index is 542. The summed E-state index contributed by atoms with van der Waals surface area (Å²) in [6, 6.07) is 8.08. The van der Waals surface area contributed by atoms with Crippen LogP contribution in [0.15, 0.2) is 30.3 Å². The Balaban J connectivity index is 2.44. The van der Waals surface area contributed by atoms with Gasteiger partial charge in [-0.25, -0.2) is 4.39 Å². The second-order valence-corrected chi connectivity index (χ2v) is 5.98. The van der Waals surface area contributed by atoms with E-state index in [0.29, 0.717) is 14.9 Å². The Kier molecular flexibility index (Phi) is 4.62. The van der Waals surface area contributed by atoms with Gasteiger partial charge in [-0.1, -0.05) is 30.1 Å². The first-order valence-corrected chi connectivity index (χ1v) is 7.12. The van der Waals surface area contributed by atoms with Gasteiger partial charge in [0.05, 0.1) is 10.4 Å². The molecule has 0 aliphatic heterocycles. The van der Waals surface area contributed by atoms with Gasteiger partial charge in [-0.2, -0.15) is 0 Å². The van der Waals surface area contributed by atoms with Crippen molar-refractivity contribution in [1.29, 1.82) is 0 Å². The van der Waals surface area contributed by atoms with Crippen LogP contribution in [0.3, 0.4) is 0 Å². The quantitative estimate of drug-likeness (QED) is 0.847. The molecule has 0 radical (unpaired) electrons. The van der Waals surface area contributed by atoms with Crippen LogP contribution in [0, 0.1) is 5.82 Å². The molecule has 18 heavy (non-hydrogen) atoms. The Labute approximate surface area is 120 Å². The fraction of sp³-hybridized carbons (Fsp3) is 0.231. The molecule has 1 unspecified atom stereocenters. The van der Waals surface area contributed by atoms with Gasteiger partial charge >= 0.3 is 0 Å². The third kappa shape index (κ3) is 3.04. The number of nitrogens with one attached hydrogen (secondary N) is 1. The minimum Gasteiger partial charge on any atom is -0.306 e. The first kappa shape index (κ1) is 13.8. The third-order valence-corrected chi connectivity index (χ3v) is 4.09. The molecule has 1 heterocycles. The minimum absolute atomic E-state index is 0.216. The first-order valence-electron chi connectivity index (χ1n) is 5.55. The van der Waals surface area contributed by atoms with Crippen molar-refractivity contribution in [3.05, 3.63) is 55.9 Å². The molecule has 1 aromatic carbocycles. The third-order valence-electron chi connectivity index (χ3n) is 2.56. The van der Waals surface area contributed by atoms with Crippen LogP contribution in [0.25, 0.3) is 0 Å². The van der Waals surface area contributed by atoms with E-state index in [1.54, 1.807) is 12.1 Å². The lowest BCUT2D eigenvalue weighted by molar-refractivity contribution is 0.563. The van der Waals surface area contributed by atoms with Crippen molar-refractivity contribution < 1.29 is 4.39 Å². The number of hydrogen-bond donors (Lipinski definition) is 1. The van der Waals surface area contributed by atoms with Crippen molar-refractivity contribution >= 4 is 34.5 Å². The fourth-order valence-electron chi connectivity index (χ4n) is 1.79. The van der Waals surface area contributed by atoms with Crippen molar-refractivity contribution in [3.8, 4) is 0 Å². The molecule has 5 heteroatoms. The highest BCUT2D eigenvalue weighted by Crippen LogP contribution is 2.33. The van der Waals surface area contributed by atoms with Crippen LogP contribution in [0.2, 0.25) is 9.36 Å². The van der Waals surface area contributed by atoms with Crippen LogP contribution < -0.4 is 5.32 Å². The zero-order chi connectivity index (χ0) is 13.1. The summed E-state index contributed by atoms with van der Waals surface area (Å²) < 4.78 is 14.6. The standard InChI is InChI=1S/C13H12Cl2FNS/c1-2-17-13(11-5-6-12(15)18-11)9-7-8(14)3-4-10(9)16/h3-7,13,17H,2H2,1H3. The molecule has 0 fully saturated rings. The molecule has 96 valence electrons. The average Bonchev–Trinajstić information content (AvgIpc) is 2.76. The van der Waals surface area contributed by atoms with E-state index in [9.17, 15) is 4.39 Å². The van der Waals surface area contributed by atoms with E-state index in [2.05, 4.69) is 5.32 Å². The summed E-state index contributed by atoms with van der Waals surface area (Å²) in [5.41, 5.74) is 0.544. The van der Waals surface area contributed by atoms with Gasteiger partial charge in [0.1, 0.15) is 5.82 Å². The van der Waals surface area contributed by atoms with Crippen LogP contribution in [0.4, 0.5) is 4.39 Å². The van der Waals surface area contributed by atoms with Gasteiger partial charge in [0.15, 0.2) is 0 Å². The lowest BCUT2D eigenvalue weighted by Crippen LogP contribution is -2.22. The molecule has 0 aliphatic rings. The summed E-state index contributed by atoms with van der Waals surface area (Å²) >= 11 is 13.3. The highest BCUT2D eigenvalue weighted by atomic mass is 35.5. The predicted octanol–water partition coefficient (Wildman–Crippen LogP) is 4.89. The summed E-state index contributed by atoms with van der Waals surface area (Å²) in [5, 5.41) is 3.77. The van der Waals surface area contributed by atoms with Crippen molar-refractivity contribution in [2.75, 3.05) is 6.54 Å². The molecule has 0 saturated heterocycles. The average molecular weight is 304 g/mol. The molecular formula is C13H12Cl2FNS. The normalized spacial score (nSPS) is 12.7. The summed E-state index contributed by atoms with van der Waals surface area (Å²) in [6.07, 6.45) is 0. The molecule has 0 amide bonds. The molecule has 1 N–H and O–H groups in total. The summed E-state index contributed by atoms with van der Waals surface area (Å²) in [5.74, 6) is -0.269. The number of rotatable bonds is 4. The Hall–Kier alpha value is -0.610. The Morgan fingerprint density at radius 2 is 2.06 bits per heavy atom. The predicted molar refractivity (Wildman–Crippen MR) is 76.3 cm³/mol. The summed E-state index contributed by atoms with van der Waals surface area (Å²) in [6.45, 7) is 2.71. The zero-order valence-corrected chi connectivity index (χ0v) is 12.0. The van der Waals surface area contributed by atoms with Crippen LogP contribution >= 0.6 is 34.5 Å². The van der Waals surface area contributed by atoms with Crippen molar-refractivity contribution in [2.45, 2.75) is 13.0 Å². The maximum absolute atomic E-state index is 13.9. The molecule has 0 spiro atoms. The Morgan fingerprint density at radius 3 is 2.67 bits per heavy atom. The first-order chi connectivity index (χ1) is 8.61. The van der Waals surface area contributed by atoms with Gasteiger partial charge in [-0.15, -0.1) is 11.3 Å². The number of halogens is 3. The summed E-state index contributed by atoms with van der Waals surface area (Å²) in [4.78, 5) is 0.975. The van der Waals surface area contributed by atoms with E-state index < -0.39 is 0 Å². The largest absolute Gasteiger partial charge is 0.306 e. The molecule has 0 aliphatic carbocycles. The number of hydrogen-bond acceptors (Lipinski definition) is 2. The lowest BCUT2D eigenvalue weighted by Gasteiger charge is -2.17. The van der Waals surface area contributed by atoms with E-state index in [1.807, 2.05) is 19.1 Å². The van der Waals surface area contributed by atoms with E-state index in [-0.39, 0.29) is 11.9 Å². The topological polar surface area (TPSA) is 12.0 Å². The second kappa shape index (κ2) is 6.02. The van der Waals surface area contributed by atoms with Crippen molar-refractivity contribution in [3.63, 3.8) is 0 Å². The second-order valence-electron chi connectivity index (χ2n) is 3.80. The van der Waals surface area contributed by atoms with Crippen LogP contribution in [0.1, 0.15) is 23.4 Å². The van der Waals surface area contributed by atoms with E-state index >= 15 is 0 Å². The molecule has 0 saturated carbocycles. The van der Waals surface area contributed by atoms with Gasteiger partial charge in [-0.05, 0) is 36.9 Å². The van der Waals surface area contributed by atoms with Gasteiger partial charge < -0.3 is 5.32 Å². The lowest BCUT2D eigenvalue weighted by atomic mass is 10.0. The van der Waals surface area contributed by atoms with Gasteiger partial charge in [0.25, 0.3) is 0 Å². The maximum Gasteiger partial charge on any atom is 0.128 e. The van der Waals surface area contributed by atoms with E-state index in [1.165, 1.54) is 17.4 Å². The van der Waals surface area contributed by atoms with Crippen LogP contribution in [-0.2, 0) is 0 Å². The maximum atomic E-state index is 13.9. The number of benzene rings is 1. The van der Waals surface area contributed by atoms with Crippen LogP contribution in [0.5, 0.6) is 0 Å². The number of thiophene rings is 1. The molecule has 2 rings (SSSR count). The monoisotopic (exact) mass is 303 g/mol. The van der Waals surface area contributed by atoms with E-state index in [4.69, 9.17) is 23.2 Å². The minimum atomic E-state index is -0.269. The van der Waals surface area contributed by atoms with Gasteiger partial charge in [0, 0.05) is 15.5 Å². The Morgan fingerprint density at radius 1 is 1.28 bits per heavy atom. The molecule has 2 aromatic rings. The van der Waals surface area contributed by atoms with Crippen molar-refractivity contribution in [1.82, 2.24) is 5.32 Å². The fourth-order valence-corrected chi connectivity index (χ4v) is 3.12. The zero-order valence-electron chi connectivity index (χ0n) is 9.71. The highest BCUT2D eigenvalue weighted by Gasteiger charge is 2.19. The van der Waals surface area contributed by atoms with Crippen LogP contribution in [-0.4, -0.2) is 6.54 Å². The summed E-state index contributed by atoms with van der Waals surface area (Å²) in [7, 11) is 0. The van der Waals surface area contributed by atoms with Crippen molar-refractivity contribution in [2.24, 2.45) is 0 Å². The molecule has 1 aromatic heterocycles. The van der Waals surface area contributed by atoms with E-state index in [0.717, 1.165) is 11.4 Å².